The highest BCUT2D eigenvalue weighted by atomic mass is 32.1. The first-order chi connectivity index (χ1) is 8.69. The minimum absolute atomic E-state index is 0.0155. The fourth-order valence-electron chi connectivity index (χ4n) is 1.93. The van der Waals surface area contributed by atoms with Crippen LogP contribution in [0.2, 0.25) is 0 Å². The van der Waals surface area contributed by atoms with Crippen LogP contribution in [0.15, 0.2) is 17.5 Å². The summed E-state index contributed by atoms with van der Waals surface area (Å²) in [5, 5.41) is 4.90. The van der Waals surface area contributed by atoms with Gasteiger partial charge in [0.15, 0.2) is 0 Å². The van der Waals surface area contributed by atoms with Crippen LogP contribution in [0.25, 0.3) is 0 Å². The fraction of sp³-hybridized carbons (Fsp3) is 0.538. The Kier molecular flexibility index (Phi) is 4.36. The summed E-state index contributed by atoms with van der Waals surface area (Å²) < 4.78 is 4.66. The number of hydrogen-bond donors (Lipinski definition) is 1. The zero-order valence-electron chi connectivity index (χ0n) is 10.3. The minimum atomic E-state index is -0.261. The van der Waals surface area contributed by atoms with Crippen molar-refractivity contribution in [2.45, 2.75) is 31.7 Å². The minimum Gasteiger partial charge on any atom is -0.469 e. The van der Waals surface area contributed by atoms with Crippen molar-refractivity contribution in [2.24, 2.45) is 5.92 Å². The van der Waals surface area contributed by atoms with Gasteiger partial charge in [0.25, 0.3) is 0 Å². The van der Waals surface area contributed by atoms with E-state index in [2.05, 4.69) is 10.1 Å². The zero-order valence-corrected chi connectivity index (χ0v) is 11.2. The molecule has 1 atom stereocenters. The number of carbonyl (C=O) groups is 2. The largest absolute Gasteiger partial charge is 0.469 e. The third-order valence-electron chi connectivity index (χ3n) is 3.07. The van der Waals surface area contributed by atoms with Gasteiger partial charge in [-0.15, -0.1) is 11.3 Å². The second-order valence-electron chi connectivity index (χ2n) is 4.55. The standard InChI is InChI=1S/C13H17NO3S/c1-17-13(16)8-11(9-4-5-9)14-12(15)7-10-3-2-6-18-10/h2-3,6,9,11H,4-5,7-8H2,1H3,(H,14,15)/t11-/m1/s1. The average Bonchev–Trinajstić information content (AvgIpc) is 3.08. The number of hydrogen-bond acceptors (Lipinski definition) is 4. The molecule has 1 fully saturated rings. The molecule has 98 valence electrons. The number of nitrogens with one attached hydrogen (secondary N) is 1. The lowest BCUT2D eigenvalue weighted by molar-refractivity contribution is -0.141. The Morgan fingerprint density at radius 1 is 1.56 bits per heavy atom. The van der Waals surface area contributed by atoms with E-state index in [1.165, 1.54) is 7.11 Å². The summed E-state index contributed by atoms with van der Waals surface area (Å²) in [4.78, 5) is 24.2. The quantitative estimate of drug-likeness (QED) is 0.799. The van der Waals surface area contributed by atoms with Crippen LogP contribution in [0, 0.1) is 5.92 Å². The van der Waals surface area contributed by atoms with E-state index >= 15 is 0 Å². The van der Waals surface area contributed by atoms with Crippen molar-refractivity contribution in [3.8, 4) is 0 Å². The molecule has 1 aromatic rings. The summed E-state index contributed by atoms with van der Waals surface area (Å²) in [6.45, 7) is 0. The molecule has 0 radical (unpaired) electrons. The molecule has 1 aliphatic carbocycles. The van der Waals surface area contributed by atoms with E-state index < -0.39 is 0 Å². The summed E-state index contributed by atoms with van der Waals surface area (Å²) in [6, 6.07) is 3.81. The molecule has 1 aliphatic rings. The van der Waals surface area contributed by atoms with E-state index in [1.54, 1.807) is 11.3 Å². The second-order valence-corrected chi connectivity index (χ2v) is 5.58. The van der Waals surface area contributed by atoms with Crippen molar-refractivity contribution in [2.75, 3.05) is 7.11 Å². The molecule has 1 saturated carbocycles. The lowest BCUT2D eigenvalue weighted by atomic mass is 10.1. The van der Waals surface area contributed by atoms with Crippen molar-refractivity contribution < 1.29 is 14.3 Å². The molecule has 1 aromatic heterocycles. The Hall–Kier alpha value is -1.36. The Labute approximate surface area is 110 Å². The van der Waals surface area contributed by atoms with Gasteiger partial charge in [0.2, 0.25) is 5.91 Å². The summed E-state index contributed by atoms with van der Waals surface area (Å²) in [6.07, 6.45) is 2.83. The van der Waals surface area contributed by atoms with E-state index in [1.807, 2.05) is 17.5 Å². The SMILES string of the molecule is COC(=O)C[C@@H](NC(=O)Cc1cccs1)C1CC1. The van der Waals surface area contributed by atoms with Crippen LogP contribution < -0.4 is 5.32 Å². The van der Waals surface area contributed by atoms with E-state index in [0.29, 0.717) is 12.3 Å². The first kappa shape index (κ1) is 13.1. The number of amides is 1. The van der Waals surface area contributed by atoms with Crippen LogP contribution in [-0.2, 0) is 20.7 Å². The van der Waals surface area contributed by atoms with Gasteiger partial charge in [-0.25, -0.2) is 0 Å². The molecule has 0 aromatic carbocycles. The highest BCUT2D eigenvalue weighted by molar-refractivity contribution is 7.10. The number of thiophene rings is 1. The summed E-state index contributed by atoms with van der Waals surface area (Å²) in [7, 11) is 1.37. The van der Waals surface area contributed by atoms with Gasteiger partial charge in [0, 0.05) is 10.9 Å². The van der Waals surface area contributed by atoms with E-state index in [9.17, 15) is 9.59 Å². The molecular formula is C13H17NO3S. The van der Waals surface area contributed by atoms with Gasteiger partial charge in [-0.3, -0.25) is 9.59 Å². The molecule has 5 heteroatoms. The van der Waals surface area contributed by atoms with Crippen molar-refractivity contribution in [1.29, 1.82) is 0 Å². The van der Waals surface area contributed by atoms with Gasteiger partial charge in [0.05, 0.1) is 20.0 Å². The molecule has 1 heterocycles. The first-order valence-corrected chi connectivity index (χ1v) is 6.95. The van der Waals surface area contributed by atoms with Crippen molar-refractivity contribution in [3.05, 3.63) is 22.4 Å². The van der Waals surface area contributed by atoms with Gasteiger partial charge in [-0.2, -0.15) is 0 Å². The summed E-state index contributed by atoms with van der Waals surface area (Å²) in [5.74, 6) is 0.165. The molecule has 2 rings (SSSR count). The normalized spacial score (nSPS) is 16.1. The monoisotopic (exact) mass is 267 g/mol. The predicted molar refractivity (Wildman–Crippen MR) is 69.3 cm³/mol. The molecule has 0 saturated heterocycles. The first-order valence-electron chi connectivity index (χ1n) is 6.07. The number of rotatable bonds is 6. The van der Waals surface area contributed by atoms with Crippen LogP contribution in [0.3, 0.4) is 0 Å². The van der Waals surface area contributed by atoms with E-state index in [-0.39, 0.29) is 24.3 Å². The smallest absolute Gasteiger partial charge is 0.307 e. The number of esters is 1. The Bertz CT molecular complexity index is 412. The third kappa shape index (κ3) is 3.84. The zero-order chi connectivity index (χ0) is 13.0. The molecule has 0 unspecified atom stereocenters. The van der Waals surface area contributed by atoms with Crippen LogP contribution in [0.5, 0.6) is 0 Å². The molecule has 1 N–H and O–H groups in total. The van der Waals surface area contributed by atoms with Crippen LogP contribution in [0.1, 0.15) is 24.1 Å². The van der Waals surface area contributed by atoms with Gasteiger partial charge in [0.1, 0.15) is 0 Å². The molecule has 0 spiro atoms. The number of ether oxygens (including phenoxy) is 1. The van der Waals surface area contributed by atoms with Crippen LogP contribution >= 0.6 is 11.3 Å². The molecule has 0 aliphatic heterocycles. The van der Waals surface area contributed by atoms with Gasteiger partial charge in [-0.05, 0) is 30.2 Å². The predicted octanol–water partition coefficient (Wildman–Crippen LogP) is 1.75. The topological polar surface area (TPSA) is 55.4 Å². The maximum atomic E-state index is 11.9. The van der Waals surface area contributed by atoms with Crippen molar-refractivity contribution in [1.82, 2.24) is 5.32 Å². The molecule has 4 nitrogen and oxygen atoms in total. The Morgan fingerprint density at radius 2 is 2.33 bits per heavy atom. The summed E-state index contributed by atoms with van der Waals surface area (Å²) >= 11 is 1.57. The third-order valence-corrected chi connectivity index (χ3v) is 3.94. The average molecular weight is 267 g/mol. The highest BCUT2D eigenvalue weighted by Crippen LogP contribution is 2.34. The number of methoxy groups -OCH3 is 1. The van der Waals surface area contributed by atoms with Gasteiger partial charge < -0.3 is 10.1 Å². The van der Waals surface area contributed by atoms with Gasteiger partial charge in [-0.1, -0.05) is 6.07 Å². The lowest BCUT2D eigenvalue weighted by Gasteiger charge is -2.16. The molecule has 18 heavy (non-hydrogen) atoms. The fourth-order valence-corrected chi connectivity index (χ4v) is 2.63. The van der Waals surface area contributed by atoms with Gasteiger partial charge >= 0.3 is 5.97 Å². The number of carbonyl (C=O) groups excluding carboxylic acids is 2. The van der Waals surface area contributed by atoms with Crippen molar-refractivity contribution in [3.63, 3.8) is 0 Å². The highest BCUT2D eigenvalue weighted by Gasteiger charge is 2.33. The maximum Gasteiger partial charge on any atom is 0.307 e. The van der Waals surface area contributed by atoms with E-state index in [4.69, 9.17) is 0 Å². The molecule has 1 amide bonds. The van der Waals surface area contributed by atoms with Crippen molar-refractivity contribution >= 4 is 23.2 Å². The Morgan fingerprint density at radius 3 is 2.89 bits per heavy atom. The molecular weight excluding hydrogens is 250 g/mol. The summed E-state index contributed by atoms with van der Waals surface area (Å²) in [5.41, 5.74) is 0. The maximum absolute atomic E-state index is 11.9. The second kappa shape index (κ2) is 6.00. The van der Waals surface area contributed by atoms with Crippen LogP contribution in [0.4, 0.5) is 0 Å². The molecule has 0 bridgehead atoms. The Balaban J connectivity index is 1.84. The van der Waals surface area contributed by atoms with E-state index in [0.717, 1.165) is 17.7 Å². The van der Waals surface area contributed by atoms with Crippen LogP contribution in [-0.4, -0.2) is 25.0 Å². The lowest BCUT2D eigenvalue weighted by Crippen LogP contribution is -2.39.